The van der Waals surface area contributed by atoms with Crippen molar-refractivity contribution >= 4 is 12.0 Å². The highest BCUT2D eigenvalue weighted by Crippen LogP contribution is 2.44. The minimum absolute atomic E-state index is 0.326. The van der Waals surface area contributed by atoms with Gasteiger partial charge in [-0.3, -0.25) is 0 Å². The highest BCUT2D eigenvalue weighted by molar-refractivity contribution is 7.95. The van der Waals surface area contributed by atoms with Crippen molar-refractivity contribution in [1.82, 2.24) is 0 Å². The first-order valence-corrected chi connectivity index (χ1v) is 10.7. The Balaban J connectivity index is 0.000000941. The van der Waals surface area contributed by atoms with Crippen LogP contribution in [0.15, 0.2) is 65.6 Å². The third kappa shape index (κ3) is 6.60. The van der Waals surface area contributed by atoms with Crippen LogP contribution in [0.2, 0.25) is 0 Å². The van der Waals surface area contributed by atoms with Gasteiger partial charge in [0.1, 0.15) is 17.2 Å². The molecule has 0 spiro atoms. The Morgan fingerprint density at radius 1 is 1.03 bits per heavy atom. The van der Waals surface area contributed by atoms with Crippen LogP contribution < -0.4 is 13.7 Å². The van der Waals surface area contributed by atoms with Crippen molar-refractivity contribution in [3.05, 3.63) is 71.8 Å². The molecule has 0 N–H and O–H groups in total. The number of methoxy groups -OCH3 is 2. The molecule has 4 heteroatoms. The van der Waals surface area contributed by atoms with E-state index in [2.05, 4.69) is 50.8 Å². The van der Waals surface area contributed by atoms with Crippen molar-refractivity contribution in [1.29, 1.82) is 0 Å². The lowest BCUT2D eigenvalue weighted by Crippen LogP contribution is -2.06. The van der Waals surface area contributed by atoms with Crippen molar-refractivity contribution < 1.29 is 13.7 Å². The minimum Gasteiger partial charge on any atom is -0.496 e. The van der Waals surface area contributed by atoms with E-state index in [1.165, 1.54) is 36.0 Å². The van der Waals surface area contributed by atoms with Gasteiger partial charge in [0.25, 0.3) is 0 Å². The van der Waals surface area contributed by atoms with Gasteiger partial charge in [0.2, 0.25) is 0 Å². The zero-order valence-corrected chi connectivity index (χ0v) is 19.0. The van der Waals surface area contributed by atoms with Crippen LogP contribution >= 0.6 is 12.0 Å². The lowest BCUT2D eigenvalue weighted by atomic mass is 9.85. The molecule has 3 nitrogen and oxygen atoms in total. The molecule has 0 amide bonds. The van der Waals surface area contributed by atoms with E-state index in [4.69, 9.17) is 13.7 Å². The molecule has 29 heavy (non-hydrogen) atoms. The van der Waals surface area contributed by atoms with Gasteiger partial charge in [-0.1, -0.05) is 35.4 Å². The first kappa shape index (κ1) is 23.0. The molecule has 2 aromatic rings. The second-order valence-corrected chi connectivity index (χ2v) is 7.95. The van der Waals surface area contributed by atoms with Gasteiger partial charge in [-0.25, -0.2) is 0 Å². The fourth-order valence-electron chi connectivity index (χ4n) is 3.36. The SMILES string of the molecule is C=CC.COc1cc(OSc2ccc(C)cc2)cc(OC)c1C1C=C(C)CCC1. The molecule has 3 rings (SSSR count). The van der Waals surface area contributed by atoms with Crippen LogP contribution in [0.4, 0.5) is 0 Å². The maximum Gasteiger partial charge on any atom is 0.145 e. The smallest absolute Gasteiger partial charge is 0.145 e. The molecule has 0 radical (unpaired) electrons. The molecule has 1 aliphatic carbocycles. The maximum atomic E-state index is 5.92. The quantitative estimate of drug-likeness (QED) is 0.362. The summed E-state index contributed by atoms with van der Waals surface area (Å²) in [5.41, 5.74) is 3.78. The van der Waals surface area contributed by atoms with Gasteiger partial charge in [-0.15, -0.1) is 6.58 Å². The largest absolute Gasteiger partial charge is 0.496 e. The zero-order valence-electron chi connectivity index (χ0n) is 18.2. The van der Waals surface area contributed by atoms with Crippen molar-refractivity contribution in [3.63, 3.8) is 0 Å². The van der Waals surface area contributed by atoms with E-state index in [0.29, 0.717) is 5.92 Å². The van der Waals surface area contributed by atoms with Crippen LogP contribution in [0.25, 0.3) is 0 Å². The van der Waals surface area contributed by atoms with E-state index in [1.54, 1.807) is 20.3 Å². The molecule has 0 bridgehead atoms. The number of aryl methyl sites for hydroxylation is 1. The molecule has 0 heterocycles. The van der Waals surface area contributed by atoms with Gasteiger partial charge >= 0.3 is 0 Å². The summed E-state index contributed by atoms with van der Waals surface area (Å²) in [6.07, 6.45) is 7.57. The molecule has 1 atom stereocenters. The van der Waals surface area contributed by atoms with Crippen molar-refractivity contribution in [2.75, 3.05) is 14.2 Å². The van der Waals surface area contributed by atoms with E-state index >= 15 is 0 Å². The Kier molecular flexibility index (Phi) is 9.20. The number of ether oxygens (including phenoxy) is 2. The first-order chi connectivity index (χ1) is 14.0. The molecular formula is C25H32O3S. The van der Waals surface area contributed by atoms with Crippen LogP contribution in [0.1, 0.15) is 50.2 Å². The zero-order chi connectivity index (χ0) is 21.2. The number of allylic oxidation sites excluding steroid dienone is 3. The Morgan fingerprint density at radius 3 is 2.14 bits per heavy atom. The molecule has 1 unspecified atom stereocenters. The Labute approximate surface area is 180 Å². The summed E-state index contributed by atoms with van der Waals surface area (Å²) in [5, 5.41) is 0. The second-order valence-electron chi connectivity index (χ2n) is 7.14. The number of rotatable bonds is 6. The summed E-state index contributed by atoms with van der Waals surface area (Å²) in [5.74, 6) is 2.69. The highest BCUT2D eigenvalue weighted by Gasteiger charge is 2.23. The number of benzene rings is 2. The van der Waals surface area contributed by atoms with Gasteiger partial charge in [-0.2, -0.15) is 0 Å². The van der Waals surface area contributed by atoms with Gasteiger partial charge in [-0.05, 0) is 52.2 Å². The van der Waals surface area contributed by atoms with Crippen molar-refractivity contribution in [2.45, 2.75) is 50.8 Å². The average Bonchev–Trinajstić information content (AvgIpc) is 2.73. The average molecular weight is 413 g/mol. The topological polar surface area (TPSA) is 27.7 Å². The standard InChI is InChI=1S/C22H26O3S.C3H6/c1-15-8-10-19(11-9-15)26-25-18-13-20(23-3)22(21(14-18)24-4)17-7-5-6-16(2)12-17;1-3-2/h8-14,17H,5-7H2,1-4H3;3H,1H2,2H3. The van der Waals surface area contributed by atoms with E-state index in [9.17, 15) is 0 Å². The second kappa shape index (κ2) is 11.6. The lowest BCUT2D eigenvalue weighted by molar-refractivity contribution is 0.377. The molecule has 156 valence electrons. The lowest BCUT2D eigenvalue weighted by Gasteiger charge is -2.24. The molecule has 0 saturated heterocycles. The van der Waals surface area contributed by atoms with Crippen LogP contribution in [0.3, 0.4) is 0 Å². The summed E-state index contributed by atoms with van der Waals surface area (Å²) in [6, 6.07) is 12.2. The van der Waals surface area contributed by atoms with Crippen molar-refractivity contribution in [3.8, 4) is 17.2 Å². The summed E-state index contributed by atoms with van der Waals surface area (Å²) in [6.45, 7) is 9.52. The number of hydrogen-bond acceptors (Lipinski definition) is 4. The van der Waals surface area contributed by atoms with Crippen LogP contribution in [-0.2, 0) is 0 Å². The van der Waals surface area contributed by atoms with Crippen LogP contribution in [0.5, 0.6) is 17.2 Å². The predicted molar refractivity (Wildman–Crippen MR) is 123 cm³/mol. The first-order valence-electron chi connectivity index (χ1n) is 9.93. The summed E-state index contributed by atoms with van der Waals surface area (Å²) in [7, 11) is 3.41. The third-order valence-electron chi connectivity index (χ3n) is 4.72. The normalized spacial score (nSPS) is 15.5. The highest BCUT2D eigenvalue weighted by atomic mass is 32.2. The maximum absolute atomic E-state index is 5.92. The summed E-state index contributed by atoms with van der Waals surface area (Å²) < 4.78 is 17.3. The van der Waals surface area contributed by atoms with Gasteiger partial charge in [0.05, 0.1) is 26.3 Å². The van der Waals surface area contributed by atoms with Gasteiger partial charge in [0, 0.05) is 28.5 Å². The molecule has 0 fully saturated rings. The van der Waals surface area contributed by atoms with E-state index in [0.717, 1.165) is 34.1 Å². The molecule has 2 aromatic carbocycles. The van der Waals surface area contributed by atoms with E-state index in [-0.39, 0.29) is 0 Å². The van der Waals surface area contributed by atoms with Gasteiger partial charge in [0.15, 0.2) is 0 Å². The van der Waals surface area contributed by atoms with Crippen LogP contribution in [-0.4, -0.2) is 14.2 Å². The fraction of sp³-hybridized carbons (Fsp3) is 0.360. The van der Waals surface area contributed by atoms with Crippen molar-refractivity contribution in [2.24, 2.45) is 0 Å². The summed E-state index contributed by atoms with van der Waals surface area (Å²) >= 11 is 1.34. The van der Waals surface area contributed by atoms with E-state index < -0.39 is 0 Å². The van der Waals surface area contributed by atoms with Crippen LogP contribution in [0, 0.1) is 6.92 Å². The van der Waals surface area contributed by atoms with Gasteiger partial charge < -0.3 is 13.7 Å². The monoisotopic (exact) mass is 412 g/mol. The Bertz CT molecular complexity index is 799. The minimum atomic E-state index is 0.326. The number of hydrogen-bond donors (Lipinski definition) is 0. The molecule has 0 saturated carbocycles. The molecule has 1 aliphatic rings. The Morgan fingerprint density at radius 2 is 1.62 bits per heavy atom. The molecule has 0 aromatic heterocycles. The fourth-order valence-corrected chi connectivity index (χ4v) is 3.89. The summed E-state index contributed by atoms with van der Waals surface area (Å²) in [4.78, 5) is 1.06. The molecular weight excluding hydrogens is 380 g/mol. The third-order valence-corrected chi connectivity index (χ3v) is 5.46. The predicted octanol–water partition coefficient (Wildman–Crippen LogP) is 7.50. The molecule has 0 aliphatic heterocycles. The Hall–Kier alpha value is -2.33. The van der Waals surface area contributed by atoms with E-state index in [1.807, 2.05) is 19.1 Å².